The standard InChI is InChI=1S/C52H103N2O6P/c1-6-8-10-12-14-16-18-20-22-23-24-25-26-27-28-29-30-31-32-34-36-38-40-42-44-46-52(56)53-50(49-60-61(57,58)59-48-47-54(3,4)5)51(55)45-43-41-39-37-35-33-21-19-17-15-13-11-9-7-2/h24-25,27-28,50-51,55H,6-23,26,29-49H2,1-5H3,(H-,53,56,57,58)/b25-24-,28-27-. The zero-order valence-corrected chi connectivity index (χ0v) is 42.0. The van der Waals surface area contributed by atoms with Crippen LogP contribution in [0.1, 0.15) is 251 Å². The summed E-state index contributed by atoms with van der Waals surface area (Å²) in [5.41, 5.74) is 0. The van der Waals surface area contributed by atoms with Gasteiger partial charge in [-0.15, -0.1) is 0 Å². The number of aliphatic hydroxyl groups excluding tert-OH is 1. The summed E-state index contributed by atoms with van der Waals surface area (Å²) < 4.78 is 23.3. The molecule has 0 rings (SSSR count). The Labute approximate surface area is 379 Å². The minimum absolute atomic E-state index is 0.0122. The Morgan fingerprint density at radius 2 is 0.951 bits per heavy atom. The van der Waals surface area contributed by atoms with Gasteiger partial charge in [0.2, 0.25) is 5.91 Å². The molecule has 0 heterocycles. The van der Waals surface area contributed by atoms with Gasteiger partial charge in [0.15, 0.2) is 0 Å². The Kier molecular flexibility index (Phi) is 43.5. The molecule has 0 aromatic rings. The van der Waals surface area contributed by atoms with Crippen LogP contribution in [0.25, 0.3) is 0 Å². The van der Waals surface area contributed by atoms with Crippen LogP contribution in [0.3, 0.4) is 0 Å². The average Bonchev–Trinajstić information content (AvgIpc) is 3.21. The van der Waals surface area contributed by atoms with E-state index in [-0.39, 0.29) is 19.1 Å². The van der Waals surface area contributed by atoms with Gasteiger partial charge in [0.1, 0.15) is 13.2 Å². The molecule has 0 saturated carbocycles. The minimum Gasteiger partial charge on any atom is -0.756 e. The summed E-state index contributed by atoms with van der Waals surface area (Å²) in [6.07, 6.45) is 53.3. The summed E-state index contributed by atoms with van der Waals surface area (Å²) in [7, 11) is 1.31. The summed E-state index contributed by atoms with van der Waals surface area (Å²) >= 11 is 0. The molecule has 0 spiro atoms. The van der Waals surface area contributed by atoms with Crippen LogP contribution in [-0.2, 0) is 18.4 Å². The number of rotatable bonds is 48. The number of hydrogen-bond donors (Lipinski definition) is 2. The van der Waals surface area contributed by atoms with Crippen molar-refractivity contribution in [1.82, 2.24) is 5.32 Å². The molecule has 0 aliphatic carbocycles. The van der Waals surface area contributed by atoms with E-state index in [4.69, 9.17) is 9.05 Å². The molecule has 61 heavy (non-hydrogen) atoms. The molecule has 0 bridgehead atoms. The number of phosphoric acid groups is 1. The third-order valence-corrected chi connectivity index (χ3v) is 12.9. The van der Waals surface area contributed by atoms with Crippen molar-refractivity contribution < 1.29 is 32.9 Å². The van der Waals surface area contributed by atoms with Crippen LogP contribution in [0.4, 0.5) is 0 Å². The molecule has 3 unspecified atom stereocenters. The predicted octanol–water partition coefficient (Wildman–Crippen LogP) is 14.6. The summed E-state index contributed by atoms with van der Waals surface area (Å²) in [5, 5.41) is 14.0. The fourth-order valence-electron chi connectivity index (χ4n) is 7.78. The molecule has 8 nitrogen and oxygen atoms in total. The van der Waals surface area contributed by atoms with Gasteiger partial charge < -0.3 is 28.8 Å². The zero-order chi connectivity index (χ0) is 45.0. The zero-order valence-electron chi connectivity index (χ0n) is 41.1. The molecular formula is C52H103N2O6P. The fourth-order valence-corrected chi connectivity index (χ4v) is 8.50. The highest BCUT2D eigenvalue weighted by molar-refractivity contribution is 7.45. The van der Waals surface area contributed by atoms with Crippen LogP contribution >= 0.6 is 7.82 Å². The van der Waals surface area contributed by atoms with E-state index in [0.717, 1.165) is 44.9 Å². The first kappa shape index (κ1) is 60.0. The minimum atomic E-state index is -4.57. The second-order valence-electron chi connectivity index (χ2n) is 19.2. The first-order valence-electron chi connectivity index (χ1n) is 26.2. The van der Waals surface area contributed by atoms with Crippen molar-refractivity contribution in [2.45, 2.75) is 264 Å². The molecule has 0 aromatic carbocycles. The number of hydrogen-bond acceptors (Lipinski definition) is 6. The monoisotopic (exact) mass is 883 g/mol. The Morgan fingerprint density at radius 1 is 0.574 bits per heavy atom. The Bertz CT molecular complexity index is 1050. The molecule has 0 fully saturated rings. The molecule has 3 atom stereocenters. The fraction of sp³-hybridized carbons (Fsp3) is 0.904. The van der Waals surface area contributed by atoms with Crippen LogP contribution in [-0.4, -0.2) is 68.5 Å². The number of amides is 1. The Morgan fingerprint density at radius 3 is 1.36 bits per heavy atom. The molecule has 0 aromatic heterocycles. The summed E-state index contributed by atoms with van der Waals surface area (Å²) in [4.78, 5) is 25.4. The lowest BCUT2D eigenvalue weighted by Gasteiger charge is -2.30. The van der Waals surface area contributed by atoms with Crippen molar-refractivity contribution in [3.8, 4) is 0 Å². The maximum absolute atomic E-state index is 12.9. The highest BCUT2D eigenvalue weighted by Crippen LogP contribution is 2.38. The SMILES string of the molecule is CCCCCCCCCCC/C=C\C/C=C\CCCCCCCCCCCC(=O)NC(COP(=O)([O-])OCC[N+](C)(C)C)C(O)CCCCCCCCCCCCCCCC. The van der Waals surface area contributed by atoms with E-state index < -0.39 is 20.0 Å². The third kappa shape index (κ3) is 46.8. The van der Waals surface area contributed by atoms with Gasteiger partial charge in [-0.2, -0.15) is 0 Å². The predicted molar refractivity (Wildman–Crippen MR) is 261 cm³/mol. The smallest absolute Gasteiger partial charge is 0.268 e. The third-order valence-electron chi connectivity index (χ3n) is 11.9. The number of quaternary nitrogens is 1. The normalized spacial score (nSPS) is 14.3. The number of nitrogens with zero attached hydrogens (tertiary/aromatic N) is 1. The van der Waals surface area contributed by atoms with Gasteiger partial charge in [-0.05, 0) is 44.9 Å². The quantitative estimate of drug-likeness (QED) is 0.0273. The van der Waals surface area contributed by atoms with Crippen LogP contribution < -0.4 is 10.2 Å². The highest BCUT2D eigenvalue weighted by Gasteiger charge is 2.24. The lowest BCUT2D eigenvalue weighted by atomic mass is 10.0. The van der Waals surface area contributed by atoms with Crippen molar-refractivity contribution in [3.63, 3.8) is 0 Å². The molecule has 0 saturated heterocycles. The molecule has 0 aliphatic rings. The van der Waals surface area contributed by atoms with Crippen molar-refractivity contribution in [2.24, 2.45) is 0 Å². The molecule has 9 heteroatoms. The van der Waals surface area contributed by atoms with Gasteiger partial charge >= 0.3 is 0 Å². The topological polar surface area (TPSA) is 108 Å². The Balaban J connectivity index is 4.19. The summed E-state index contributed by atoms with van der Waals surface area (Å²) in [6, 6.07) is -0.801. The highest BCUT2D eigenvalue weighted by atomic mass is 31.2. The van der Waals surface area contributed by atoms with Crippen molar-refractivity contribution >= 4 is 13.7 Å². The number of carbonyl (C=O) groups is 1. The van der Waals surface area contributed by atoms with E-state index >= 15 is 0 Å². The van der Waals surface area contributed by atoms with Crippen molar-refractivity contribution in [2.75, 3.05) is 40.9 Å². The van der Waals surface area contributed by atoms with Gasteiger partial charge in [0.05, 0.1) is 39.9 Å². The van der Waals surface area contributed by atoms with Gasteiger partial charge in [0, 0.05) is 6.42 Å². The molecule has 0 radical (unpaired) electrons. The average molecular weight is 883 g/mol. The number of likely N-dealkylation sites (N-methyl/N-ethyl adjacent to an activating group) is 1. The van der Waals surface area contributed by atoms with Crippen molar-refractivity contribution in [3.05, 3.63) is 24.3 Å². The van der Waals surface area contributed by atoms with E-state index in [2.05, 4.69) is 43.5 Å². The van der Waals surface area contributed by atoms with Crippen LogP contribution in [0, 0.1) is 0 Å². The molecular weight excluding hydrogens is 780 g/mol. The number of allylic oxidation sites excluding steroid dienone is 4. The number of nitrogens with one attached hydrogen (secondary N) is 1. The van der Waals surface area contributed by atoms with Crippen LogP contribution in [0.15, 0.2) is 24.3 Å². The van der Waals surface area contributed by atoms with Gasteiger partial charge in [-0.25, -0.2) is 0 Å². The second-order valence-corrected chi connectivity index (χ2v) is 20.6. The second kappa shape index (κ2) is 44.2. The van der Waals surface area contributed by atoms with E-state index in [1.807, 2.05) is 21.1 Å². The van der Waals surface area contributed by atoms with Gasteiger partial charge in [-0.1, -0.05) is 224 Å². The molecule has 0 aliphatic heterocycles. The lowest BCUT2D eigenvalue weighted by molar-refractivity contribution is -0.870. The summed E-state index contributed by atoms with van der Waals surface area (Å²) in [6.45, 7) is 4.73. The molecule has 2 N–H and O–H groups in total. The largest absolute Gasteiger partial charge is 0.756 e. The van der Waals surface area contributed by atoms with E-state index in [9.17, 15) is 19.4 Å². The van der Waals surface area contributed by atoms with Gasteiger partial charge in [-0.3, -0.25) is 9.36 Å². The van der Waals surface area contributed by atoms with Crippen LogP contribution in [0.5, 0.6) is 0 Å². The lowest BCUT2D eigenvalue weighted by Crippen LogP contribution is -2.46. The van der Waals surface area contributed by atoms with Crippen LogP contribution in [0.2, 0.25) is 0 Å². The number of aliphatic hydroxyl groups is 1. The maximum Gasteiger partial charge on any atom is 0.268 e. The van der Waals surface area contributed by atoms with E-state index in [1.165, 1.54) is 180 Å². The van der Waals surface area contributed by atoms with Gasteiger partial charge in [0.25, 0.3) is 7.82 Å². The number of unbranched alkanes of at least 4 members (excludes halogenated alkanes) is 31. The summed E-state index contributed by atoms with van der Waals surface area (Å²) in [5.74, 6) is -0.167. The van der Waals surface area contributed by atoms with Crippen molar-refractivity contribution in [1.29, 1.82) is 0 Å². The number of phosphoric ester groups is 1. The Hall–Kier alpha value is -1.02. The first-order chi connectivity index (χ1) is 29.5. The first-order valence-corrected chi connectivity index (χ1v) is 27.6. The molecule has 1 amide bonds. The van der Waals surface area contributed by atoms with E-state index in [1.54, 1.807) is 0 Å². The van der Waals surface area contributed by atoms with E-state index in [0.29, 0.717) is 23.9 Å². The molecule has 362 valence electrons. The number of carbonyl (C=O) groups excluding carboxylic acids is 1. The maximum atomic E-state index is 12.9.